The van der Waals surface area contributed by atoms with Crippen molar-refractivity contribution in [2.45, 2.75) is 13.0 Å². The van der Waals surface area contributed by atoms with Crippen LogP contribution in [0.5, 0.6) is 6.01 Å². The van der Waals surface area contributed by atoms with Gasteiger partial charge in [-0.15, -0.1) is 0 Å². The molecule has 0 atom stereocenters. The van der Waals surface area contributed by atoms with E-state index in [0.29, 0.717) is 29.6 Å². The van der Waals surface area contributed by atoms with E-state index in [-0.39, 0.29) is 11.9 Å². The largest absolute Gasteiger partial charge is 0.467 e. The molecule has 1 aliphatic rings. The van der Waals surface area contributed by atoms with Gasteiger partial charge in [-0.1, -0.05) is 23.2 Å². The van der Waals surface area contributed by atoms with Gasteiger partial charge in [0, 0.05) is 54.1 Å². The van der Waals surface area contributed by atoms with Crippen molar-refractivity contribution in [1.29, 1.82) is 0 Å². The second-order valence-corrected chi connectivity index (χ2v) is 7.02. The average Bonchev–Trinajstić information content (AvgIpc) is 3.09. The lowest BCUT2D eigenvalue weighted by atomic mass is 9.97. The molecule has 0 unspecified atom stereocenters. The van der Waals surface area contributed by atoms with Crippen LogP contribution >= 0.6 is 23.2 Å². The van der Waals surface area contributed by atoms with Crippen LogP contribution < -0.4 is 4.74 Å². The molecule has 27 heavy (non-hydrogen) atoms. The van der Waals surface area contributed by atoms with Crippen LogP contribution in [0.3, 0.4) is 0 Å². The standard InChI is InChI=1S/C18H16Cl2N4O3/c1-27-18-21-5-9(6-22-18)10-4-12(19)16(20)17-15(10)11-7-24(14(26)8-25)3-2-13(11)23-17/h4-6,23,25H,2-3,7-8H2,1H3. The Labute approximate surface area is 164 Å². The summed E-state index contributed by atoms with van der Waals surface area (Å²) < 4.78 is 5.02. The van der Waals surface area contributed by atoms with Gasteiger partial charge in [0.1, 0.15) is 6.61 Å². The van der Waals surface area contributed by atoms with Crippen molar-refractivity contribution in [2.75, 3.05) is 20.3 Å². The Morgan fingerprint density at radius 2 is 2.11 bits per heavy atom. The zero-order valence-corrected chi connectivity index (χ0v) is 15.9. The van der Waals surface area contributed by atoms with E-state index < -0.39 is 6.61 Å². The maximum atomic E-state index is 12.0. The molecule has 2 aromatic heterocycles. The lowest BCUT2D eigenvalue weighted by Crippen LogP contribution is -2.37. The van der Waals surface area contributed by atoms with E-state index in [2.05, 4.69) is 15.0 Å². The van der Waals surface area contributed by atoms with Gasteiger partial charge in [0.05, 0.1) is 22.7 Å². The maximum absolute atomic E-state index is 12.0. The fourth-order valence-corrected chi connectivity index (χ4v) is 3.84. The van der Waals surface area contributed by atoms with Crippen molar-refractivity contribution in [2.24, 2.45) is 0 Å². The number of aliphatic hydroxyl groups is 1. The molecule has 0 saturated carbocycles. The van der Waals surface area contributed by atoms with Crippen LogP contribution in [0.25, 0.3) is 22.0 Å². The molecule has 9 heteroatoms. The second-order valence-electron chi connectivity index (χ2n) is 6.23. The van der Waals surface area contributed by atoms with Crippen molar-refractivity contribution < 1.29 is 14.6 Å². The number of methoxy groups -OCH3 is 1. The van der Waals surface area contributed by atoms with E-state index in [1.54, 1.807) is 23.4 Å². The number of H-pyrrole nitrogens is 1. The minimum atomic E-state index is -0.510. The summed E-state index contributed by atoms with van der Waals surface area (Å²) in [4.78, 5) is 25.3. The first-order valence-corrected chi connectivity index (χ1v) is 9.05. The Bertz CT molecular complexity index is 1030. The van der Waals surface area contributed by atoms with Crippen molar-refractivity contribution >= 4 is 40.0 Å². The highest BCUT2D eigenvalue weighted by Crippen LogP contribution is 2.42. The minimum absolute atomic E-state index is 0.269. The number of benzene rings is 1. The molecule has 3 aromatic rings. The predicted octanol–water partition coefficient (Wildman–Crippen LogP) is 2.82. The van der Waals surface area contributed by atoms with E-state index in [0.717, 1.165) is 33.3 Å². The van der Waals surface area contributed by atoms with Crippen LogP contribution in [0.4, 0.5) is 0 Å². The summed E-state index contributed by atoms with van der Waals surface area (Å²) in [6.45, 7) is 0.408. The summed E-state index contributed by atoms with van der Waals surface area (Å²) in [7, 11) is 1.50. The van der Waals surface area contributed by atoms with Crippen molar-refractivity contribution in [3.05, 3.63) is 39.8 Å². The normalized spacial score (nSPS) is 13.7. The lowest BCUT2D eigenvalue weighted by molar-refractivity contribution is -0.135. The Hall–Kier alpha value is -2.35. The quantitative estimate of drug-likeness (QED) is 0.697. The van der Waals surface area contributed by atoms with E-state index in [1.807, 2.05) is 0 Å². The van der Waals surface area contributed by atoms with Crippen LogP contribution in [-0.4, -0.2) is 51.1 Å². The SMILES string of the molecule is COc1ncc(-c2cc(Cl)c(Cl)c3[nH]c4c(c23)CN(C(=O)CO)CC4)cn1. The average molecular weight is 407 g/mol. The van der Waals surface area contributed by atoms with Gasteiger partial charge in [-0.05, 0) is 11.6 Å². The molecule has 3 heterocycles. The number of halogens is 2. The van der Waals surface area contributed by atoms with Crippen LogP contribution in [0.1, 0.15) is 11.3 Å². The molecule has 7 nitrogen and oxygen atoms in total. The fraction of sp³-hybridized carbons (Fsp3) is 0.278. The molecular weight excluding hydrogens is 391 g/mol. The van der Waals surface area contributed by atoms with Gasteiger partial charge >= 0.3 is 6.01 Å². The molecule has 1 aliphatic heterocycles. The smallest absolute Gasteiger partial charge is 0.316 e. The summed E-state index contributed by atoms with van der Waals surface area (Å²) in [6.07, 6.45) is 3.95. The van der Waals surface area contributed by atoms with Gasteiger partial charge in [0.2, 0.25) is 5.91 Å². The summed E-state index contributed by atoms with van der Waals surface area (Å²) in [5.74, 6) is -0.301. The number of carbonyl (C=O) groups excluding carboxylic acids is 1. The molecule has 140 valence electrons. The third-order valence-corrected chi connectivity index (χ3v) is 5.54. The van der Waals surface area contributed by atoms with E-state index in [1.165, 1.54) is 7.11 Å². The van der Waals surface area contributed by atoms with Crippen molar-refractivity contribution in [1.82, 2.24) is 19.9 Å². The van der Waals surface area contributed by atoms with Crippen LogP contribution in [0.2, 0.25) is 10.0 Å². The molecule has 0 radical (unpaired) electrons. The Morgan fingerprint density at radius 1 is 1.37 bits per heavy atom. The number of hydrogen-bond acceptors (Lipinski definition) is 5. The number of aromatic amines is 1. The highest BCUT2D eigenvalue weighted by atomic mass is 35.5. The fourth-order valence-electron chi connectivity index (χ4n) is 3.44. The lowest BCUT2D eigenvalue weighted by Gasteiger charge is -2.26. The number of ether oxygens (including phenoxy) is 1. The van der Waals surface area contributed by atoms with Crippen molar-refractivity contribution in [3.8, 4) is 17.1 Å². The molecule has 0 aliphatic carbocycles. The van der Waals surface area contributed by atoms with E-state index in [9.17, 15) is 9.90 Å². The molecule has 2 N–H and O–H groups in total. The topological polar surface area (TPSA) is 91.3 Å². The molecule has 1 aromatic carbocycles. The number of carbonyl (C=O) groups is 1. The third-order valence-electron chi connectivity index (χ3n) is 4.75. The van der Waals surface area contributed by atoms with E-state index in [4.69, 9.17) is 27.9 Å². The second kappa shape index (κ2) is 6.99. The van der Waals surface area contributed by atoms with Crippen LogP contribution in [-0.2, 0) is 17.8 Å². The number of aromatic nitrogens is 3. The van der Waals surface area contributed by atoms with Gasteiger partial charge in [0.25, 0.3) is 0 Å². The maximum Gasteiger partial charge on any atom is 0.316 e. The number of hydrogen-bond donors (Lipinski definition) is 2. The van der Waals surface area contributed by atoms with Crippen LogP contribution in [0.15, 0.2) is 18.5 Å². The third kappa shape index (κ3) is 3.01. The summed E-state index contributed by atoms with van der Waals surface area (Å²) in [5, 5.41) is 10.9. The molecule has 4 rings (SSSR count). The highest BCUT2D eigenvalue weighted by Gasteiger charge is 2.27. The Kier molecular flexibility index (Phi) is 4.67. The number of amides is 1. The molecular formula is C18H16Cl2N4O3. The number of nitrogens with one attached hydrogen (secondary N) is 1. The number of rotatable bonds is 3. The Balaban J connectivity index is 1.92. The molecule has 0 fully saturated rings. The number of nitrogens with zero attached hydrogens (tertiary/aromatic N) is 3. The van der Waals surface area contributed by atoms with Crippen molar-refractivity contribution in [3.63, 3.8) is 0 Å². The first kappa shape index (κ1) is 18.0. The molecule has 1 amide bonds. The Morgan fingerprint density at radius 3 is 2.78 bits per heavy atom. The zero-order chi connectivity index (χ0) is 19.1. The molecule has 0 bridgehead atoms. The van der Waals surface area contributed by atoms with Crippen LogP contribution in [0, 0.1) is 0 Å². The molecule has 0 spiro atoms. The number of fused-ring (bicyclic) bond motifs is 3. The summed E-state index contributed by atoms with van der Waals surface area (Å²) in [6, 6.07) is 2.05. The predicted molar refractivity (Wildman–Crippen MR) is 102 cm³/mol. The zero-order valence-electron chi connectivity index (χ0n) is 14.4. The van der Waals surface area contributed by atoms with E-state index >= 15 is 0 Å². The number of aliphatic hydroxyl groups excluding tert-OH is 1. The molecule has 0 saturated heterocycles. The minimum Gasteiger partial charge on any atom is -0.467 e. The van der Waals surface area contributed by atoms with Gasteiger partial charge < -0.3 is 19.7 Å². The first-order valence-electron chi connectivity index (χ1n) is 8.30. The first-order chi connectivity index (χ1) is 13.0. The van der Waals surface area contributed by atoms with Gasteiger partial charge in [0.15, 0.2) is 0 Å². The summed E-state index contributed by atoms with van der Waals surface area (Å²) in [5.41, 5.74) is 4.26. The summed E-state index contributed by atoms with van der Waals surface area (Å²) >= 11 is 12.8. The van der Waals surface area contributed by atoms with Gasteiger partial charge in [-0.25, -0.2) is 9.97 Å². The van der Waals surface area contributed by atoms with Gasteiger partial charge in [-0.3, -0.25) is 4.79 Å². The van der Waals surface area contributed by atoms with Gasteiger partial charge in [-0.2, -0.15) is 0 Å². The monoisotopic (exact) mass is 406 g/mol. The highest BCUT2D eigenvalue weighted by molar-refractivity contribution is 6.45.